The lowest BCUT2D eigenvalue weighted by atomic mass is 9.94. The van der Waals surface area contributed by atoms with Gasteiger partial charge in [0, 0.05) is 88.1 Å². The van der Waals surface area contributed by atoms with Crippen LogP contribution >= 0.6 is 0 Å². The summed E-state index contributed by atoms with van der Waals surface area (Å²) in [5, 5.41) is 8.17. The van der Waals surface area contributed by atoms with Crippen molar-refractivity contribution in [1.82, 2.24) is 39.8 Å². The van der Waals surface area contributed by atoms with Gasteiger partial charge in [0.2, 0.25) is 11.8 Å². The number of ether oxygens (including phenoxy) is 1. The van der Waals surface area contributed by atoms with E-state index < -0.39 is 17.9 Å². The van der Waals surface area contributed by atoms with Crippen molar-refractivity contribution in [1.29, 1.82) is 0 Å². The van der Waals surface area contributed by atoms with Gasteiger partial charge in [-0.3, -0.25) is 34.3 Å². The van der Waals surface area contributed by atoms with Gasteiger partial charge in [-0.1, -0.05) is 18.2 Å². The Balaban J connectivity index is 0.758. The van der Waals surface area contributed by atoms with Gasteiger partial charge < -0.3 is 20.3 Å². The van der Waals surface area contributed by atoms with Crippen molar-refractivity contribution < 1.29 is 23.9 Å². The fourth-order valence-electron chi connectivity index (χ4n) is 8.86. The first-order valence-corrected chi connectivity index (χ1v) is 20.0. The largest absolute Gasteiger partial charge is 0.457 e. The molecule has 9 rings (SSSR count). The maximum absolute atomic E-state index is 13.3. The number of imide groups is 1. The van der Waals surface area contributed by atoms with Crippen LogP contribution in [0.2, 0.25) is 0 Å². The molecule has 4 saturated heterocycles. The summed E-state index contributed by atoms with van der Waals surface area (Å²) in [5.74, 6) is 1.21. The highest BCUT2D eigenvalue weighted by atomic mass is 16.5. The number of hydrogen-bond donors (Lipinski definition) is 2. The Kier molecular flexibility index (Phi) is 10.1. The number of likely N-dealkylation sites (N-methyl/N-ethyl adjacent to an activating group) is 1. The lowest BCUT2D eigenvalue weighted by molar-refractivity contribution is -0.136. The number of fused-ring (bicyclic) bond motifs is 1. The van der Waals surface area contributed by atoms with Crippen LogP contribution in [-0.4, -0.2) is 123 Å². The lowest BCUT2D eigenvalue weighted by Gasteiger charge is -2.51. The highest BCUT2D eigenvalue weighted by Gasteiger charge is 2.38. The van der Waals surface area contributed by atoms with Gasteiger partial charge in [-0.15, -0.1) is 0 Å². The highest BCUT2D eigenvalue weighted by Crippen LogP contribution is 2.36. The van der Waals surface area contributed by atoms with Gasteiger partial charge in [-0.05, 0) is 73.9 Å². The number of nitrogens with two attached hydrogens (primary N) is 1. The van der Waals surface area contributed by atoms with Gasteiger partial charge in [0.1, 0.15) is 35.4 Å². The van der Waals surface area contributed by atoms with E-state index in [1.54, 1.807) is 12.1 Å². The molecule has 4 fully saturated rings. The van der Waals surface area contributed by atoms with Crippen molar-refractivity contribution in [3.63, 3.8) is 0 Å². The molecule has 3 aromatic carbocycles. The van der Waals surface area contributed by atoms with Crippen LogP contribution in [0.15, 0.2) is 79.1 Å². The van der Waals surface area contributed by atoms with Gasteiger partial charge in [0.05, 0.1) is 17.0 Å². The first-order valence-electron chi connectivity index (χ1n) is 20.0. The summed E-state index contributed by atoms with van der Waals surface area (Å²) in [6, 6.07) is 22.9. The molecule has 5 aromatic rings. The minimum absolute atomic E-state index is 0.170. The molecule has 4 aliphatic heterocycles. The number of aldehydes is 1. The van der Waals surface area contributed by atoms with Crippen LogP contribution in [0.1, 0.15) is 52.4 Å². The Morgan fingerprint density at radius 1 is 0.931 bits per heavy atom. The Morgan fingerprint density at radius 2 is 1.67 bits per heavy atom. The predicted octanol–water partition coefficient (Wildman–Crippen LogP) is 4.02. The fraction of sp³-hybridized carbons (Fsp3) is 0.372. The molecule has 4 aliphatic rings. The molecule has 3 amide bonds. The van der Waals surface area contributed by atoms with E-state index in [2.05, 4.69) is 34.7 Å². The van der Waals surface area contributed by atoms with E-state index in [1.807, 2.05) is 60.7 Å². The third-order valence-electron chi connectivity index (χ3n) is 12.2. The molecule has 3 N–H and O–H groups in total. The zero-order valence-electron chi connectivity index (χ0n) is 32.4. The van der Waals surface area contributed by atoms with Crippen LogP contribution in [0.25, 0.3) is 22.3 Å². The molecule has 0 radical (unpaired) electrons. The average molecular weight is 783 g/mol. The zero-order chi connectivity index (χ0) is 39.9. The van der Waals surface area contributed by atoms with Gasteiger partial charge in [0.15, 0.2) is 11.9 Å². The molecule has 0 saturated carbocycles. The number of carbonyl (C=O) groups excluding carboxylic acids is 4. The lowest BCUT2D eigenvalue weighted by Crippen LogP contribution is -2.63. The maximum atomic E-state index is 13.3. The van der Waals surface area contributed by atoms with Crippen molar-refractivity contribution >= 4 is 46.5 Å². The standard InChI is InChI=1S/C43H46N10O5/c1-49(36-13-14-37(55)47-42(36)56)43(57)35-12-9-31(19-29(35)25-54)52-21-27(22-52)20-50-23-32(24-50)51-17-15-30(16-18-51)53-41-38(40(44)45-26-46-41)39(48-53)28-7-10-34(11-8-28)58-33-5-3-2-4-6-33/h2-12,19,25-27,30,32,36H,13-18,20-24H2,1H3,(H2,44,45,46)(H,47,55,56). The second-order valence-electron chi connectivity index (χ2n) is 15.9. The summed E-state index contributed by atoms with van der Waals surface area (Å²) in [5.41, 5.74) is 10.3. The number of carbonyl (C=O) groups is 4. The Labute approximate surface area is 335 Å². The van der Waals surface area contributed by atoms with Crippen molar-refractivity contribution in [3.8, 4) is 22.8 Å². The summed E-state index contributed by atoms with van der Waals surface area (Å²) < 4.78 is 8.06. The molecule has 298 valence electrons. The number of aromatic nitrogens is 4. The van der Waals surface area contributed by atoms with E-state index >= 15 is 0 Å². The van der Waals surface area contributed by atoms with E-state index in [-0.39, 0.29) is 35.9 Å². The average Bonchev–Trinajstić information content (AvgIpc) is 3.61. The number of nitrogens with one attached hydrogen (secondary N) is 1. The van der Waals surface area contributed by atoms with Gasteiger partial charge in [-0.25, -0.2) is 14.6 Å². The SMILES string of the molecule is CN(C(=O)c1ccc(N2CC(CN3CC(N4CCC(n5nc(-c6ccc(Oc7ccccc7)cc6)c6c(N)ncnc65)CC4)C3)C2)cc1C=O)C1CCC(=O)NC1=O. The molecule has 6 heterocycles. The molecule has 15 nitrogen and oxygen atoms in total. The smallest absolute Gasteiger partial charge is 0.255 e. The monoisotopic (exact) mass is 782 g/mol. The molecule has 2 aromatic heterocycles. The Morgan fingerprint density at radius 3 is 2.40 bits per heavy atom. The topological polar surface area (TPSA) is 172 Å². The number of anilines is 2. The summed E-state index contributed by atoms with van der Waals surface area (Å²) >= 11 is 0. The van der Waals surface area contributed by atoms with E-state index in [1.165, 1.54) is 18.3 Å². The first-order chi connectivity index (χ1) is 28.2. The number of rotatable bonds is 11. The number of nitrogen functional groups attached to an aromatic ring is 1. The third-order valence-corrected chi connectivity index (χ3v) is 12.2. The van der Waals surface area contributed by atoms with Crippen LogP contribution in [0.4, 0.5) is 11.5 Å². The van der Waals surface area contributed by atoms with Gasteiger partial charge in [0.25, 0.3) is 5.91 Å². The van der Waals surface area contributed by atoms with E-state index in [9.17, 15) is 19.2 Å². The number of nitrogens with zero attached hydrogens (tertiary/aromatic N) is 8. The van der Waals surface area contributed by atoms with Crippen molar-refractivity contribution in [2.24, 2.45) is 5.92 Å². The molecular weight excluding hydrogens is 737 g/mol. The van der Waals surface area contributed by atoms with Crippen molar-refractivity contribution in [2.75, 3.05) is 63.5 Å². The predicted molar refractivity (Wildman–Crippen MR) is 218 cm³/mol. The minimum Gasteiger partial charge on any atom is -0.457 e. The van der Waals surface area contributed by atoms with Gasteiger partial charge >= 0.3 is 0 Å². The number of para-hydroxylation sites is 1. The van der Waals surface area contributed by atoms with Gasteiger partial charge in [-0.2, -0.15) is 5.10 Å². The number of likely N-dealkylation sites (tertiary alicyclic amines) is 2. The Bertz CT molecular complexity index is 2350. The van der Waals surface area contributed by atoms with Crippen LogP contribution in [0.3, 0.4) is 0 Å². The molecule has 15 heteroatoms. The highest BCUT2D eigenvalue weighted by molar-refractivity contribution is 6.06. The number of amides is 3. The second-order valence-corrected chi connectivity index (χ2v) is 15.9. The summed E-state index contributed by atoms with van der Waals surface area (Å²) in [6.07, 6.45) is 4.58. The van der Waals surface area contributed by atoms with Crippen LogP contribution in [0.5, 0.6) is 11.5 Å². The Hall–Kier alpha value is -6.19. The van der Waals surface area contributed by atoms with Crippen LogP contribution < -0.4 is 20.7 Å². The number of benzene rings is 3. The van der Waals surface area contributed by atoms with E-state index in [0.29, 0.717) is 24.1 Å². The van der Waals surface area contributed by atoms with Crippen LogP contribution in [-0.2, 0) is 9.59 Å². The minimum atomic E-state index is -0.752. The molecule has 1 unspecified atom stereocenters. The van der Waals surface area contributed by atoms with Crippen molar-refractivity contribution in [2.45, 2.75) is 43.8 Å². The van der Waals surface area contributed by atoms with Crippen molar-refractivity contribution in [3.05, 3.63) is 90.3 Å². The number of hydrogen-bond acceptors (Lipinski definition) is 12. The quantitative estimate of drug-likeness (QED) is 0.146. The normalized spacial score (nSPS) is 19.7. The third kappa shape index (κ3) is 7.26. The maximum Gasteiger partial charge on any atom is 0.255 e. The van der Waals surface area contributed by atoms with Crippen LogP contribution in [0, 0.1) is 5.92 Å². The molecule has 0 bridgehead atoms. The summed E-state index contributed by atoms with van der Waals surface area (Å²) in [4.78, 5) is 66.9. The zero-order valence-corrected chi connectivity index (χ0v) is 32.4. The molecule has 1 atom stereocenters. The molecule has 0 spiro atoms. The summed E-state index contributed by atoms with van der Waals surface area (Å²) in [6.45, 7) is 6.88. The molecule has 58 heavy (non-hydrogen) atoms. The van der Waals surface area contributed by atoms with E-state index in [0.717, 1.165) is 98.1 Å². The first kappa shape index (κ1) is 37.4. The second kappa shape index (κ2) is 15.6. The summed E-state index contributed by atoms with van der Waals surface area (Å²) in [7, 11) is 1.53. The molecule has 0 aliphatic carbocycles. The van der Waals surface area contributed by atoms with E-state index in [4.69, 9.17) is 15.6 Å². The fourth-order valence-corrected chi connectivity index (χ4v) is 8.86. The number of piperidine rings is 2. The molecular formula is C43H46N10O5.